The van der Waals surface area contributed by atoms with E-state index < -0.39 is 0 Å². The van der Waals surface area contributed by atoms with Crippen LogP contribution in [0.15, 0.2) is 0 Å². The second kappa shape index (κ2) is 6.40. The van der Waals surface area contributed by atoms with Crippen molar-refractivity contribution in [3.63, 3.8) is 0 Å². The molecule has 14 heavy (non-hydrogen) atoms. The highest BCUT2D eigenvalue weighted by molar-refractivity contribution is 5.86. The normalized spacial score (nSPS) is 14.5. The Morgan fingerprint density at radius 2 is 2.00 bits per heavy atom. The van der Waals surface area contributed by atoms with Crippen molar-refractivity contribution in [1.29, 1.82) is 0 Å². The van der Waals surface area contributed by atoms with Crippen LogP contribution in [0.3, 0.4) is 0 Å². The number of hydrogen-bond acceptors (Lipinski definition) is 2. The first-order valence-electron chi connectivity index (χ1n) is 4.90. The van der Waals surface area contributed by atoms with Crippen molar-refractivity contribution in [1.82, 2.24) is 5.32 Å². The lowest BCUT2D eigenvalue weighted by molar-refractivity contribution is -0.121. The number of carbonyl (C=O) groups is 2. The maximum atomic E-state index is 11.2. The first-order valence-corrected chi connectivity index (χ1v) is 4.90. The fourth-order valence-corrected chi connectivity index (χ4v) is 0.804. The summed E-state index contributed by atoms with van der Waals surface area (Å²) >= 11 is 0. The van der Waals surface area contributed by atoms with Gasteiger partial charge in [-0.25, -0.2) is 0 Å². The smallest absolute Gasteiger partial charge is 0.224 e. The van der Waals surface area contributed by atoms with E-state index in [-0.39, 0.29) is 23.8 Å². The van der Waals surface area contributed by atoms with Crippen molar-refractivity contribution in [2.45, 2.75) is 39.7 Å². The predicted molar refractivity (Wildman–Crippen MR) is 55.2 cm³/mol. The maximum absolute atomic E-state index is 11.2. The van der Waals surface area contributed by atoms with Gasteiger partial charge in [-0.2, -0.15) is 0 Å². The van der Waals surface area contributed by atoms with Crippen molar-refractivity contribution >= 4 is 11.8 Å². The highest BCUT2D eigenvalue weighted by Crippen LogP contribution is 2.03. The Morgan fingerprint density at radius 1 is 1.43 bits per heavy atom. The van der Waals surface area contributed by atoms with Crippen LogP contribution in [0.2, 0.25) is 0 Å². The third-order valence-electron chi connectivity index (χ3n) is 2.14. The fourth-order valence-electron chi connectivity index (χ4n) is 0.804. The van der Waals surface area contributed by atoms with Crippen LogP contribution in [-0.4, -0.2) is 17.9 Å². The Kier molecular flexibility index (Phi) is 5.92. The summed E-state index contributed by atoms with van der Waals surface area (Å²) in [7, 11) is 0. The second-order valence-electron chi connectivity index (χ2n) is 3.56. The molecular formula is C10H19N2O2. The van der Waals surface area contributed by atoms with Crippen LogP contribution in [0.5, 0.6) is 0 Å². The van der Waals surface area contributed by atoms with E-state index in [0.717, 1.165) is 6.42 Å². The number of carbonyl (C=O) groups excluding carboxylic acids is 2. The zero-order valence-electron chi connectivity index (χ0n) is 9.04. The lowest BCUT2D eigenvalue weighted by atomic mass is 10.0. The van der Waals surface area contributed by atoms with Gasteiger partial charge in [0.05, 0.1) is 6.42 Å². The van der Waals surface area contributed by atoms with E-state index in [1.165, 1.54) is 6.42 Å². The molecule has 4 heteroatoms. The van der Waals surface area contributed by atoms with Crippen molar-refractivity contribution in [3.8, 4) is 0 Å². The van der Waals surface area contributed by atoms with Crippen LogP contribution in [-0.2, 0) is 9.59 Å². The number of nitrogens with one attached hydrogen (secondary N) is 1. The van der Waals surface area contributed by atoms with Gasteiger partial charge in [0.1, 0.15) is 0 Å². The van der Waals surface area contributed by atoms with Crippen LogP contribution in [0.1, 0.15) is 33.6 Å². The van der Waals surface area contributed by atoms with Crippen LogP contribution < -0.4 is 11.1 Å². The molecule has 0 saturated heterocycles. The van der Waals surface area contributed by atoms with Crippen LogP contribution in [0, 0.1) is 12.3 Å². The maximum Gasteiger partial charge on any atom is 0.224 e. The minimum atomic E-state index is -0.377. The largest absolute Gasteiger partial charge is 0.369 e. The highest BCUT2D eigenvalue weighted by Gasteiger charge is 2.12. The summed E-state index contributed by atoms with van der Waals surface area (Å²) in [6.45, 7) is 5.63. The lowest BCUT2D eigenvalue weighted by Crippen LogP contribution is -2.33. The van der Waals surface area contributed by atoms with Gasteiger partial charge in [0.2, 0.25) is 11.8 Å². The summed E-state index contributed by atoms with van der Waals surface area (Å²) in [6.07, 6.45) is 2.77. The van der Waals surface area contributed by atoms with Gasteiger partial charge in [-0.15, -0.1) is 0 Å². The molecule has 3 N–H and O–H groups in total. The Morgan fingerprint density at radius 3 is 2.43 bits per heavy atom. The third kappa shape index (κ3) is 5.56. The topological polar surface area (TPSA) is 72.2 Å². The summed E-state index contributed by atoms with van der Waals surface area (Å²) in [4.78, 5) is 21.9. The van der Waals surface area contributed by atoms with Crippen LogP contribution in [0.4, 0.5) is 0 Å². The van der Waals surface area contributed by atoms with E-state index >= 15 is 0 Å². The lowest BCUT2D eigenvalue weighted by Gasteiger charge is -2.11. The van der Waals surface area contributed by atoms with Crippen molar-refractivity contribution in [3.05, 3.63) is 6.42 Å². The first kappa shape index (κ1) is 12.9. The molecule has 0 bridgehead atoms. The van der Waals surface area contributed by atoms with E-state index in [1.807, 2.05) is 13.8 Å². The molecule has 0 fully saturated rings. The minimum absolute atomic E-state index is 0.132. The number of rotatable bonds is 6. The van der Waals surface area contributed by atoms with Gasteiger partial charge in [-0.1, -0.05) is 13.8 Å². The summed E-state index contributed by atoms with van der Waals surface area (Å²) < 4.78 is 0. The summed E-state index contributed by atoms with van der Waals surface area (Å²) in [5.41, 5.74) is 5.06. The molecule has 0 aliphatic heterocycles. The Labute approximate surface area is 85.2 Å². The molecule has 0 spiro atoms. The fraction of sp³-hybridized carbons (Fsp3) is 0.700. The molecule has 1 radical (unpaired) electrons. The van der Waals surface area contributed by atoms with Crippen LogP contribution in [0.25, 0.3) is 0 Å². The molecule has 4 nitrogen and oxygen atoms in total. The first-order chi connectivity index (χ1) is 6.47. The molecule has 0 heterocycles. The SMILES string of the molecule is CC[C@H](C)NC(=O)[CH]CC(C)C(N)=O. The molecule has 0 saturated carbocycles. The van der Waals surface area contributed by atoms with Gasteiger partial charge in [-0.05, 0) is 19.8 Å². The molecule has 81 valence electrons. The van der Waals surface area contributed by atoms with E-state index in [1.54, 1.807) is 6.92 Å². The summed E-state index contributed by atoms with van der Waals surface area (Å²) in [6, 6.07) is 0.169. The van der Waals surface area contributed by atoms with E-state index in [2.05, 4.69) is 5.32 Å². The number of hydrogen-bond donors (Lipinski definition) is 2. The highest BCUT2D eigenvalue weighted by atomic mass is 16.2. The summed E-state index contributed by atoms with van der Waals surface area (Å²) in [5.74, 6) is -0.789. The molecule has 2 atom stereocenters. The molecular weight excluding hydrogens is 180 g/mol. The molecule has 1 unspecified atom stereocenters. The minimum Gasteiger partial charge on any atom is -0.369 e. The Balaban J connectivity index is 3.69. The van der Waals surface area contributed by atoms with Crippen molar-refractivity contribution < 1.29 is 9.59 Å². The summed E-state index contributed by atoms with van der Waals surface area (Å²) in [5, 5.41) is 2.78. The van der Waals surface area contributed by atoms with E-state index in [0.29, 0.717) is 6.42 Å². The zero-order valence-corrected chi connectivity index (χ0v) is 9.04. The van der Waals surface area contributed by atoms with Gasteiger partial charge >= 0.3 is 0 Å². The monoisotopic (exact) mass is 199 g/mol. The average molecular weight is 199 g/mol. The predicted octanol–water partition coefficient (Wildman–Crippen LogP) is 0.617. The standard InChI is InChI=1S/C10H19N2O2/c1-4-8(3)12-9(13)6-5-7(2)10(11)14/h6-8H,4-5H2,1-3H3,(H2,11,14)(H,12,13)/t7?,8-/m0/s1. The molecule has 0 aliphatic rings. The van der Waals surface area contributed by atoms with E-state index in [9.17, 15) is 9.59 Å². The number of amides is 2. The van der Waals surface area contributed by atoms with Gasteiger partial charge < -0.3 is 11.1 Å². The average Bonchev–Trinajstić information content (AvgIpc) is 2.13. The number of nitrogens with two attached hydrogens (primary N) is 1. The molecule has 0 aliphatic carbocycles. The molecule has 0 rings (SSSR count). The Hall–Kier alpha value is -1.06. The molecule has 0 aromatic heterocycles. The molecule has 0 aromatic rings. The third-order valence-corrected chi connectivity index (χ3v) is 2.14. The quantitative estimate of drug-likeness (QED) is 0.658. The van der Waals surface area contributed by atoms with Gasteiger partial charge in [-0.3, -0.25) is 9.59 Å². The van der Waals surface area contributed by atoms with Gasteiger partial charge in [0, 0.05) is 12.0 Å². The van der Waals surface area contributed by atoms with Crippen molar-refractivity contribution in [2.75, 3.05) is 0 Å². The zero-order chi connectivity index (χ0) is 11.1. The number of primary amides is 1. The van der Waals surface area contributed by atoms with Crippen LogP contribution >= 0.6 is 0 Å². The molecule has 2 amide bonds. The van der Waals surface area contributed by atoms with Crippen molar-refractivity contribution in [2.24, 2.45) is 11.7 Å². The van der Waals surface area contributed by atoms with Gasteiger partial charge in [0.15, 0.2) is 0 Å². The second-order valence-corrected chi connectivity index (χ2v) is 3.56. The molecule has 0 aromatic carbocycles. The van der Waals surface area contributed by atoms with E-state index in [4.69, 9.17) is 5.73 Å². The van der Waals surface area contributed by atoms with Gasteiger partial charge in [0.25, 0.3) is 0 Å². The Bertz CT molecular complexity index is 204.